The molecule has 1 aliphatic heterocycles. The summed E-state index contributed by atoms with van der Waals surface area (Å²) in [5.74, 6) is -0.140. The average molecular weight is 397 g/mol. The van der Waals surface area contributed by atoms with Crippen molar-refractivity contribution in [2.75, 3.05) is 26.2 Å². The molecule has 4 rings (SSSR count). The van der Waals surface area contributed by atoms with Gasteiger partial charge in [0.15, 0.2) is 0 Å². The van der Waals surface area contributed by atoms with E-state index in [0.717, 1.165) is 31.1 Å². The van der Waals surface area contributed by atoms with Gasteiger partial charge in [0.05, 0.1) is 11.0 Å². The third-order valence-corrected chi connectivity index (χ3v) is 5.25. The predicted molar refractivity (Wildman–Crippen MR) is 112 cm³/mol. The van der Waals surface area contributed by atoms with E-state index in [-0.39, 0.29) is 11.6 Å². The molecule has 1 aliphatic rings. The first-order valence-electron chi connectivity index (χ1n) is 9.26. The van der Waals surface area contributed by atoms with E-state index in [0.29, 0.717) is 23.1 Å². The largest absolute Gasteiger partial charge is 0.351 e. The van der Waals surface area contributed by atoms with Crippen LogP contribution in [0.15, 0.2) is 53.3 Å². The van der Waals surface area contributed by atoms with Crippen LogP contribution in [0.3, 0.4) is 0 Å². The summed E-state index contributed by atoms with van der Waals surface area (Å²) in [4.78, 5) is 31.3. The number of nitrogens with one attached hydrogen (secondary N) is 3. The zero-order valence-electron chi connectivity index (χ0n) is 15.3. The van der Waals surface area contributed by atoms with Crippen LogP contribution in [-0.4, -0.2) is 47.0 Å². The number of benzene rings is 2. The van der Waals surface area contributed by atoms with Gasteiger partial charge in [0.1, 0.15) is 0 Å². The first-order chi connectivity index (χ1) is 13.6. The van der Waals surface area contributed by atoms with Gasteiger partial charge < -0.3 is 15.3 Å². The van der Waals surface area contributed by atoms with E-state index in [2.05, 4.69) is 38.4 Å². The number of imidazole rings is 1. The molecular weight excluding hydrogens is 376 g/mol. The number of H-pyrrole nitrogens is 2. The van der Waals surface area contributed by atoms with Crippen LogP contribution in [0.4, 0.5) is 0 Å². The number of aromatic amines is 2. The van der Waals surface area contributed by atoms with Crippen molar-refractivity contribution in [3.8, 4) is 0 Å². The smallest absolute Gasteiger partial charge is 0.323 e. The van der Waals surface area contributed by atoms with E-state index < -0.39 is 0 Å². The fourth-order valence-corrected chi connectivity index (χ4v) is 3.57. The SMILES string of the molecule is O=C(NCCN1CC=C(c2ccc(Cl)cc2)CC1)c1ccc2[nH]c(=O)[nH]c2c1. The predicted octanol–water partition coefficient (Wildman–Crippen LogP) is 3.03. The molecule has 7 heteroatoms. The van der Waals surface area contributed by atoms with Crippen LogP contribution in [-0.2, 0) is 0 Å². The van der Waals surface area contributed by atoms with Crippen molar-refractivity contribution in [1.29, 1.82) is 0 Å². The maximum Gasteiger partial charge on any atom is 0.323 e. The summed E-state index contributed by atoms with van der Waals surface area (Å²) in [6.45, 7) is 3.19. The molecule has 0 saturated heterocycles. The van der Waals surface area contributed by atoms with E-state index in [9.17, 15) is 9.59 Å². The van der Waals surface area contributed by atoms with Gasteiger partial charge in [-0.2, -0.15) is 0 Å². The molecule has 0 fully saturated rings. The van der Waals surface area contributed by atoms with Crippen molar-refractivity contribution < 1.29 is 4.79 Å². The Labute approximate surface area is 167 Å². The van der Waals surface area contributed by atoms with Gasteiger partial charge in [-0.25, -0.2) is 4.79 Å². The van der Waals surface area contributed by atoms with Crippen LogP contribution in [0.5, 0.6) is 0 Å². The number of carbonyl (C=O) groups is 1. The minimum Gasteiger partial charge on any atom is -0.351 e. The van der Waals surface area contributed by atoms with E-state index in [1.165, 1.54) is 11.1 Å². The lowest BCUT2D eigenvalue weighted by Crippen LogP contribution is -2.37. The molecule has 2 aromatic carbocycles. The highest BCUT2D eigenvalue weighted by molar-refractivity contribution is 6.30. The number of fused-ring (bicyclic) bond motifs is 1. The second kappa shape index (κ2) is 8.04. The van der Waals surface area contributed by atoms with Gasteiger partial charge in [-0.05, 0) is 47.9 Å². The number of rotatable bonds is 5. The number of aromatic nitrogens is 2. The molecule has 0 spiro atoms. The van der Waals surface area contributed by atoms with Crippen molar-refractivity contribution in [3.05, 3.63) is 75.2 Å². The molecular formula is C21H21ClN4O2. The third-order valence-electron chi connectivity index (χ3n) is 5.00. The van der Waals surface area contributed by atoms with Crippen LogP contribution < -0.4 is 11.0 Å². The van der Waals surface area contributed by atoms with Gasteiger partial charge in [0.2, 0.25) is 0 Å². The van der Waals surface area contributed by atoms with Crippen molar-refractivity contribution >= 4 is 34.1 Å². The topological polar surface area (TPSA) is 81.0 Å². The maximum atomic E-state index is 12.3. The Hall–Kier alpha value is -2.83. The van der Waals surface area contributed by atoms with Crippen LogP contribution >= 0.6 is 11.6 Å². The molecule has 144 valence electrons. The molecule has 0 radical (unpaired) electrons. The summed E-state index contributed by atoms with van der Waals surface area (Å²) in [5.41, 5.74) is 4.14. The molecule has 0 aliphatic carbocycles. The highest BCUT2D eigenvalue weighted by Gasteiger charge is 2.13. The molecule has 6 nitrogen and oxygen atoms in total. The van der Waals surface area contributed by atoms with Crippen molar-refractivity contribution in [1.82, 2.24) is 20.2 Å². The number of halogens is 1. The van der Waals surface area contributed by atoms with Gasteiger partial charge >= 0.3 is 5.69 Å². The van der Waals surface area contributed by atoms with Crippen molar-refractivity contribution in [2.45, 2.75) is 6.42 Å². The number of amides is 1. The standard InChI is InChI=1S/C21H21ClN4O2/c22-17-4-1-14(2-5-17)15-7-10-26(11-8-15)12-9-23-20(27)16-3-6-18-19(13-16)25-21(28)24-18/h1-7,13H,8-12H2,(H,23,27)(H2,24,25,28). The van der Waals surface area contributed by atoms with Crippen molar-refractivity contribution in [2.24, 2.45) is 0 Å². The summed E-state index contributed by atoms with van der Waals surface area (Å²) < 4.78 is 0. The lowest BCUT2D eigenvalue weighted by molar-refractivity contribution is 0.0949. The second-order valence-corrected chi connectivity index (χ2v) is 7.32. The number of hydrogen-bond acceptors (Lipinski definition) is 3. The fraction of sp³-hybridized carbons (Fsp3) is 0.238. The Kier molecular flexibility index (Phi) is 5.32. The Morgan fingerprint density at radius 3 is 2.64 bits per heavy atom. The van der Waals surface area contributed by atoms with Crippen LogP contribution in [0.25, 0.3) is 16.6 Å². The Morgan fingerprint density at radius 2 is 1.89 bits per heavy atom. The van der Waals surface area contributed by atoms with Gasteiger partial charge in [-0.3, -0.25) is 9.69 Å². The fourth-order valence-electron chi connectivity index (χ4n) is 3.44. The second-order valence-electron chi connectivity index (χ2n) is 6.88. The molecule has 2 heterocycles. The lowest BCUT2D eigenvalue weighted by atomic mass is 9.99. The summed E-state index contributed by atoms with van der Waals surface area (Å²) in [7, 11) is 0. The van der Waals surface area contributed by atoms with E-state index in [4.69, 9.17) is 11.6 Å². The Balaban J connectivity index is 1.28. The molecule has 0 atom stereocenters. The zero-order valence-corrected chi connectivity index (χ0v) is 16.1. The summed E-state index contributed by atoms with van der Waals surface area (Å²) >= 11 is 5.95. The number of hydrogen-bond donors (Lipinski definition) is 3. The molecule has 3 aromatic rings. The molecule has 1 amide bonds. The van der Waals surface area contributed by atoms with E-state index in [1.807, 2.05) is 12.1 Å². The Morgan fingerprint density at radius 1 is 1.11 bits per heavy atom. The molecule has 0 saturated carbocycles. The van der Waals surface area contributed by atoms with Crippen LogP contribution in [0, 0.1) is 0 Å². The third kappa shape index (κ3) is 4.18. The zero-order chi connectivity index (χ0) is 19.5. The van der Waals surface area contributed by atoms with Crippen LogP contribution in [0.1, 0.15) is 22.3 Å². The minimum absolute atomic E-state index is 0.140. The molecule has 0 unspecified atom stereocenters. The maximum absolute atomic E-state index is 12.3. The number of carbonyl (C=O) groups excluding carboxylic acids is 1. The van der Waals surface area contributed by atoms with Gasteiger partial charge in [0.25, 0.3) is 5.91 Å². The normalized spacial score (nSPS) is 14.8. The number of nitrogens with zero attached hydrogens (tertiary/aromatic N) is 1. The van der Waals surface area contributed by atoms with Crippen molar-refractivity contribution in [3.63, 3.8) is 0 Å². The summed E-state index contributed by atoms with van der Waals surface area (Å²) in [5, 5.41) is 3.70. The highest BCUT2D eigenvalue weighted by Crippen LogP contribution is 2.23. The van der Waals surface area contributed by atoms with Gasteiger partial charge in [0, 0.05) is 36.8 Å². The first kappa shape index (κ1) is 18.5. The van der Waals surface area contributed by atoms with E-state index in [1.54, 1.807) is 18.2 Å². The van der Waals surface area contributed by atoms with Gasteiger partial charge in [-0.1, -0.05) is 29.8 Å². The molecule has 3 N–H and O–H groups in total. The van der Waals surface area contributed by atoms with Gasteiger partial charge in [-0.15, -0.1) is 0 Å². The average Bonchev–Trinajstić information content (AvgIpc) is 3.08. The summed E-state index contributed by atoms with van der Waals surface area (Å²) in [6.07, 6.45) is 3.22. The Bertz CT molecular complexity index is 1080. The highest BCUT2D eigenvalue weighted by atomic mass is 35.5. The summed E-state index contributed by atoms with van der Waals surface area (Å²) in [6, 6.07) is 13.1. The first-order valence-corrected chi connectivity index (χ1v) is 9.64. The van der Waals surface area contributed by atoms with E-state index >= 15 is 0 Å². The van der Waals surface area contributed by atoms with Crippen LogP contribution in [0.2, 0.25) is 5.02 Å². The molecule has 0 bridgehead atoms. The monoisotopic (exact) mass is 396 g/mol. The molecule has 1 aromatic heterocycles. The quantitative estimate of drug-likeness (QED) is 0.620. The lowest BCUT2D eigenvalue weighted by Gasteiger charge is -2.26. The minimum atomic E-state index is -0.274. The molecule has 28 heavy (non-hydrogen) atoms.